The fourth-order valence-corrected chi connectivity index (χ4v) is 5.51. The van der Waals surface area contributed by atoms with Gasteiger partial charge in [0.05, 0.1) is 6.61 Å². The first-order valence-corrected chi connectivity index (χ1v) is 13.1. The number of hydrogen-bond donors (Lipinski definition) is 0. The number of rotatable bonds is 5. The van der Waals surface area contributed by atoms with Crippen LogP contribution in [0.3, 0.4) is 0 Å². The van der Waals surface area contributed by atoms with Gasteiger partial charge in [-0.15, -0.1) is 0 Å². The fourth-order valence-electron chi connectivity index (χ4n) is 5.51. The molecule has 0 bridgehead atoms. The molecular formula is C31H33N3O4. The van der Waals surface area contributed by atoms with Crippen molar-refractivity contribution >= 4 is 17.7 Å². The summed E-state index contributed by atoms with van der Waals surface area (Å²) in [5, 5.41) is 0. The molecule has 2 aliphatic heterocycles. The molecule has 2 saturated heterocycles. The first-order valence-electron chi connectivity index (χ1n) is 13.1. The molecule has 3 aromatic rings. The van der Waals surface area contributed by atoms with E-state index in [-0.39, 0.29) is 24.3 Å². The molecule has 38 heavy (non-hydrogen) atoms. The van der Waals surface area contributed by atoms with Crippen LogP contribution >= 0.6 is 0 Å². The Hall–Kier alpha value is -3.97. The molecular weight excluding hydrogens is 478 g/mol. The lowest BCUT2D eigenvalue weighted by molar-refractivity contribution is -0.137. The largest absolute Gasteiger partial charge is 0.353 e. The van der Waals surface area contributed by atoms with E-state index in [0.29, 0.717) is 43.6 Å². The van der Waals surface area contributed by atoms with E-state index in [2.05, 4.69) is 0 Å². The predicted molar refractivity (Wildman–Crippen MR) is 144 cm³/mol. The van der Waals surface area contributed by atoms with Crippen molar-refractivity contribution in [2.24, 2.45) is 0 Å². The number of benzene rings is 3. The van der Waals surface area contributed by atoms with Crippen LogP contribution in [0, 0.1) is 6.92 Å². The van der Waals surface area contributed by atoms with Gasteiger partial charge in [0, 0.05) is 50.7 Å². The quantitative estimate of drug-likeness (QED) is 0.517. The average molecular weight is 512 g/mol. The number of ether oxygens (including phenoxy) is 1. The van der Waals surface area contributed by atoms with Crippen LogP contribution in [0.4, 0.5) is 0 Å². The van der Waals surface area contributed by atoms with Gasteiger partial charge in [-0.3, -0.25) is 19.3 Å². The maximum atomic E-state index is 13.9. The molecule has 0 saturated carbocycles. The van der Waals surface area contributed by atoms with Crippen molar-refractivity contribution in [3.63, 3.8) is 0 Å². The van der Waals surface area contributed by atoms with E-state index in [1.165, 1.54) is 0 Å². The highest BCUT2D eigenvalue weighted by Gasteiger charge is 2.54. The second kappa shape index (κ2) is 10.8. The topological polar surface area (TPSA) is 70.2 Å². The zero-order valence-electron chi connectivity index (χ0n) is 21.9. The van der Waals surface area contributed by atoms with Crippen LogP contribution in [-0.2, 0) is 16.1 Å². The smallest absolute Gasteiger partial charge is 0.256 e. The van der Waals surface area contributed by atoms with Crippen LogP contribution in [0.2, 0.25) is 0 Å². The van der Waals surface area contributed by atoms with E-state index < -0.39 is 11.8 Å². The molecule has 2 aliphatic rings. The molecule has 196 valence electrons. The number of likely N-dealkylation sites (N-methyl/N-ethyl adjacent to an activating group) is 1. The van der Waals surface area contributed by atoms with Crippen molar-refractivity contribution in [3.8, 4) is 0 Å². The Kier molecular flexibility index (Phi) is 7.29. The minimum atomic E-state index is -0.941. The summed E-state index contributed by atoms with van der Waals surface area (Å²) in [4.78, 5) is 46.0. The highest BCUT2D eigenvalue weighted by molar-refractivity contribution is 5.99. The fraction of sp³-hybridized carbons (Fsp3) is 0.323. The number of carbonyl (C=O) groups excluding carboxylic acids is 3. The molecule has 1 spiro atoms. The van der Waals surface area contributed by atoms with Gasteiger partial charge in [0.15, 0.2) is 0 Å². The summed E-state index contributed by atoms with van der Waals surface area (Å²) in [6.07, 6.45) is 0.880. The summed E-state index contributed by atoms with van der Waals surface area (Å²) in [6, 6.07) is 25.6. The maximum Gasteiger partial charge on any atom is 0.256 e. The van der Waals surface area contributed by atoms with E-state index in [1.54, 1.807) is 29.0 Å². The summed E-state index contributed by atoms with van der Waals surface area (Å²) in [5.74, 6) is -0.409. The van der Waals surface area contributed by atoms with E-state index in [1.807, 2.05) is 84.6 Å². The average Bonchev–Trinajstić information content (AvgIpc) is 3.31. The molecule has 7 heteroatoms. The normalized spacial score (nSPS) is 18.4. The Bertz CT molecular complexity index is 1300. The van der Waals surface area contributed by atoms with Crippen LogP contribution in [0.1, 0.15) is 44.7 Å². The van der Waals surface area contributed by atoms with Crippen LogP contribution in [0.25, 0.3) is 0 Å². The molecule has 0 aromatic heterocycles. The van der Waals surface area contributed by atoms with Gasteiger partial charge >= 0.3 is 0 Å². The van der Waals surface area contributed by atoms with Gasteiger partial charge in [-0.25, -0.2) is 0 Å². The molecule has 2 fully saturated rings. The van der Waals surface area contributed by atoms with Crippen molar-refractivity contribution in [3.05, 3.63) is 107 Å². The summed E-state index contributed by atoms with van der Waals surface area (Å²) in [6.45, 7) is 3.37. The Labute approximate surface area is 223 Å². The molecule has 7 nitrogen and oxygen atoms in total. The molecule has 3 aromatic carbocycles. The van der Waals surface area contributed by atoms with E-state index >= 15 is 0 Å². The Morgan fingerprint density at radius 2 is 1.47 bits per heavy atom. The van der Waals surface area contributed by atoms with Gasteiger partial charge < -0.3 is 14.5 Å². The van der Waals surface area contributed by atoms with Crippen LogP contribution in [-0.4, -0.2) is 70.9 Å². The zero-order chi connectivity index (χ0) is 26.7. The molecule has 0 radical (unpaired) electrons. The maximum absolute atomic E-state index is 13.9. The van der Waals surface area contributed by atoms with Crippen LogP contribution < -0.4 is 0 Å². The van der Waals surface area contributed by atoms with Gasteiger partial charge in [-0.05, 0) is 36.2 Å². The minimum Gasteiger partial charge on any atom is -0.353 e. The van der Waals surface area contributed by atoms with Crippen LogP contribution in [0.15, 0.2) is 84.9 Å². The Morgan fingerprint density at radius 3 is 2.13 bits per heavy atom. The lowest BCUT2D eigenvalue weighted by Crippen LogP contribution is -2.59. The number of carbonyl (C=O) groups is 3. The van der Waals surface area contributed by atoms with E-state index in [0.717, 1.165) is 11.1 Å². The molecule has 3 amide bonds. The lowest BCUT2D eigenvalue weighted by Gasteiger charge is -2.45. The molecule has 2 heterocycles. The summed E-state index contributed by atoms with van der Waals surface area (Å²) >= 11 is 0. The monoisotopic (exact) mass is 511 g/mol. The highest BCUT2D eigenvalue weighted by atomic mass is 16.5. The van der Waals surface area contributed by atoms with Gasteiger partial charge in [0.1, 0.15) is 11.8 Å². The van der Waals surface area contributed by atoms with Gasteiger partial charge in [0.25, 0.3) is 11.8 Å². The van der Waals surface area contributed by atoms with Gasteiger partial charge in [-0.2, -0.15) is 0 Å². The third-order valence-electron chi connectivity index (χ3n) is 7.63. The van der Waals surface area contributed by atoms with Gasteiger partial charge in [0.2, 0.25) is 5.91 Å². The molecule has 1 unspecified atom stereocenters. The first-order chi connectivity index (χ1) is 18.4. The molecule has 1 atom stereocenters. The highest BCUT2D eigenvalue weighted by Crippen LogP contribution is 2.39. The molecule has 0 aliphatic carbocycles. The van der Waals surface area contributed by atoms with E-state index in [9.17, 15) is 14.4 Å². The second-order valence-electron chi connectivity index (χ2n) is 10.1. The van der Waals surface area contributed by atoms with Crippen molar-refractivity contribution < 1.29 is 19.1 Å². The summed E-state index contributed by atoms with van der Waals surface area (Å²) in [7, 11) is 1.76. The minimum absolute atomic E-state index is 0.0212. The van der Waals surface area contributed by atoms with Crippen molar-refractivity contribution in [2.45, 2.75) is 38.1 Å². The number of hydrogen-bond acceptors (Lipinski definition) is 4. The standard InChI is InChI=1S/C31H33N3O4/c1-23-11-9-10-16-26(23)29(36)33-19-17-31(18-20-33)34(28(35)25-14-7-4-8-15-25)27(22-38-31)30(37)32(2)21-24-12-5-3-6-13-24/h3-16,27H,17-22H2,1-2H3. The van der Waals surface area contributed by atoms with Crippen molar-refractivity contribution in [1.29, 1.82) is 0 Å². The van der Waals surface area contributed by atoms with Crippen molar-refractivity contribution in [2.75, 3.05) is 26.7 Å². The SMILES string of the molecule is Cc1ccccc1C(=O)N1CCC2(CC1)OCC(C(=O)N(C)Cc1ccccc1)N2C(=O)c1ccccc1. The number of amides is 3. The molecule has 0 N–H and O–H groups in total. The third-order valence-corrected chi connectivity index (χ3v) is 7.63. The number of piperidine rings is 1. The summed E-state index contributed by atoms with van der Waals surface area (Å²) in [5.41, 5.74) is 2.20. The van der Waals surface area contributed by atoms with Crippen molar-refractivity contribution in [1.82, 2.24) is 14.7 Å². The number of nitrogens with zero attached hydrogens (tertiary/aromatic N) is 3. The van der Waals surface area contributed by atoms with Gasteiger partial charge in [-0.1, -0.05) is 66.7 Å². The predicted octanol–water partition coefficient (Wildman–Crippen LogP) is 4.13. The Morgan fingerprint density at radius 1 is 0.868 bits per heavy atom. The van der Waals surface area contributed by atoms with E-state index in [4.69, 9.17) is 4.74 Å². The lowest BCUT2D eigenvalue weighted by atomic mass is 9.95. The third kappa shape index (κ3) is 4.94. The number of likely N-dealkylation sites (tertiary alicyclic amines) is 1. The molecule has 5 rings (SSSR count). The van der Waals surface area contributed by atoms with Crippen LogP contribution in [0.5, 0.6) is 0 Å². The first kappa shape index (κ1) is 25.7. The zero-order valence-corrected chi connectivity index (χ0v) is 21.9. The summed E-state index contributed by atoms with van der Waals surface area (Å²) < 4.78 is 6.35. The Balaban J connectivity index is 1.38. The second-order valence-corrected chi connectivity index (χ2v) is 10.1. The number of aryl methyl sites for hydroxylation is 1.